The molecule has 252 valence electrons. The van der Waals surface area contributed by atoms with Gasteiger partial charge >= 0.3 is 0 Å². The van der Waals surface area contributed by atoms with Crippen LogP contribution in [0.5, 0.6) is 11.5 Å². The number of aliphatic hydroxyl groups excluding tert-OH is 1. The molecule has 1 aliphatic heterocycles. The number of amidine groups is 2. The molecule has 2 aliphatic rings. The predicted octanol–water partition coefficient (Wildman–Crippen LogP) is 9.83. The van der Waals surface area contributed by atoms with Crippen molar-refractivity contribution in [3.63, 3.8) is 0 Å². The van der Waals surface area contributed by atoms with E-state index in [0.717, 1.165) is 102 Å². The van der Waals surface area contributed by atoms with Gasteiger partial charge in [0.1, 0.15) is 23.2 Å². The number of phenolic OH excluding ortho intramolecular Hbond substituents is 2. The van der Waals surface area contributed by atoms with Gasteiger partial charge in [0.15, 0.2) is 6.17 Å². The predicted molar refractivity (Wildman–Crippen MR) is 209 cm³/mol. The van der Waals surface area contributed by atoms with Crippen molar-refractivity contribution in [1.29, 1.82) is 0 Å². The topological polar surface area (TPSA) is 97.4 Å². The van der Waals surface area contributed by atoms with E-state index in [4.69, 9.17) is 9.98 Å². The van der Waals surface area contributed by atoms with Gasteiger partial charge in [0, 0.05) is 16.3 Å². The molecular formula is C45H39N3O3. The lowest BCUT2D eigenvalue weighted by Crippen LogP contribution is -2.36. The van der Waals surface area contributed by atoms with Crippen LogP contribution in [-0.4, -0.2) is 33.1 Å². The molecular weight excluding hydrogens is 631 g/mol. The van der Waals surface area contributed by atoms with Crippen LogP contribution in [0.1, 0.15) is 48.2 Å². The molecule has 6 aromatic carbocycles. The second kappa shape index (κ2) is 13.0. The summed E-state index contributed by atoms with van der Waals surface area (Å²) in [4.78, 5) is 10.2. The zero-order valence-electron chi connectivity index (χ0n) is 28.9. The fourth-order valence-corrected chi connectivity index (χ4v) is 7.27. The Labute approximate surface area is 297 Å². The highest BCUT2D eigenvalue weighted by atomic mass is 16.3. The molecule has 0 amide bonds. The minimum absolute atomic E-state index is 0.274. The van der Waals surface area contributed by atoms with Gasteiger partial charge in [-0.15, -0.1) is 0 Å². The van der Waals surface area contributed by atoms with Crippen molar-refractivity contribution < 1.29 is 15.3 Å². The molecule has 0 spiro atoms. The van der Waals surface area contributed by atoms with Crippen LogP contribution >= 0.6 is 0 Å². The highest BCUT2D eigenvalue weighted by Gasteiger charge is 2.24. The number of aliphatic hydroxyl groups is 1. The summed E-state index contributed by atoms with van der Waals surface area (Å²) in [7, 11) is 0. The maximum Gasteiger partial charge on any atom is 0.169 e. The third kappa shape index (κ3) is 6.08. The van der Waals surface area contributed by atoms with Gasteiger partial charge in [0.05, 0.1) is 6.10 Å². The first-order valence-electron chi connectivity index (χ1n) is 17.4. The van der Waals surface area contributed by atoms with Crippen molar-refractivity contribution in [1.82, 2.24) is 5.32 Å². The van der Waals surface area contributed by atoms with Crippen molar-refractivity contribution in [3.05, 3.63) is 155 Å². The zero-order valence-corrected chi connectivity index (χ0v) is 28.9. The lowest BCUT2D eigenvalue weighted by atomic mass is 9.93. The normalized spacial score (nSPS) is 16.6. The average Bonchev–Trinajstić information content (AvgIpc) is 3.15. The first kappa shape index (κ1) is 32.2. The molecule has 2 unspecified atom stereocenters. The lowest BCUT2D eigenvalue weighted by Gasteiger charge is -2.25. The Morgan fingerprint density at radius 2 is 1.31 bits per heavy atom. The number of phenols is 2. The maximum atomic E-state index is 10.6. The van der Waals surface area contributed by atoms with E-state index in [0.29, 0.717) is 0 Å². The Morgan fingerprint density at radius 1 is 0.647 bits per heavy atom. The van der Waals surface area contributed by atoms with Gasteiger partial charge in [0.2, 0.25) is 0 Å². The number of nitrogens with zero attached hydrogens (tertiary/aromatic N) is 2. The molecule has 0 aromatic heterocycles. The van der Waals surface area contributed by atoms with Crippen LogP contribution in [0.15, 0.2) is 142 Å². The quantitative estimate of drug-likeness (QED) is 0.142. The van der Waals surface area contributed by atoms with Crippen LogP contribution in [-0.2, 0) is 0 Å². The Hall–Kier alpha value is -5.98. The Bertz CT molecular complexity index is 2440. The molecule has 2 atom stereocenters. The minimum atomic E-state index is -0.477. The van der Waals surface area contributed by atoms with Crippen LogP contribution in [0.2, 0.25) is 0 Å². The van der Waals surface area contributed by atoms with E-state index in [1.807, 2.05) is 49.4 Å². The van der Waals surface area contributed by atoms with Gasteiger partial charge in [-0.3, -0.25) is 0 Å². The molecule has 1 heterocycles. The van der Waals surface area contributed by atoms with E-state index in [-0.39, 0.29) is 11.5 Å². The van der Waals surface area contributed by atoms with Crippen LogP contribution in [0.25, 0.3) is 43.8 Å². The monoisotopic (exact) mass is 669 g/mol. The molecule has 6 heteroatoms. The molecule has 0 radical (unpaired) electrons. The summed E-state index contributed by atoms with van der Waals surface area (Å²) < 4.78 is 0. The summed E-state index contributed by atoms with van der Waals surface area (Å²) in [5.74, 6) is 2.07. The van der Waals surface area contributed by atoms with Crippen LogP contribution < -0.4 is 5.32 Å². The van der Waals surface area contributed by atoms with E-state index in [9.17, 15) is 15.3 Å². The molecule has 8 rings (SSSR count). The average molecular weight is 670 g/mol. The van der Waals surface area contributed by atoms with Gasteiger partial charge in [-0.25, -0.2) is 9.98 Å². The third-order valence-electron chi connectivity index (χ3n) is 10.1. The molecule has 6 nitrogen and oxygen atoms in total. The number of nitrogens with one attached hydrogen (secondary N) is 1. The summed E-state index contributed by atoms with van der Waals surface area (Å²) in [5, 5.41) is 38.5. The van der Waals surface area contributed by atoms with Crippen molar-refractivity contribution >= 4 is 33.2 Å². The van der Waals surface area contributed by atoms with Gasteiger partial charge in [-0.05, 0) is 101 Å². The third-order valence-corrected chi connectivity index (χ3v) is 10.1. The van der Waals surface area contributed by atoms with E-state index in [1.165, 1.54) is 0 Å². The second-order valence-electron chi connectivity index (χ2n) is 13.6. The van der Waals surface area contributed by atoms with E-state index in [2.05, 4.69) is 79.0 Å². The van der Waals surface area contributed by atoms with Gasteiger partial charge < -0.3 is 20.6 Å². The molecule has 0 bridgehead atoms. The zero-order chi connectivity index (χ0) is 35.2. The summed E-state index contributed by atoms with van der Waals surface area (Å²) >= 11 is 0. The number of allylic oxidation sites excluding steroid dienone is 2. The number of aromatic hydroxyl groups is 2. The van der Waals surface area contributed by atoms with Crippen molar-refractivity contribution in [2.75, 3.05) is 0 Å². The van der Waals surface area contributed by atoms with Crippen LogP contribution in [0.3, 0.4) is 0 Å². The molecule has 0 saturated heterocycles. The van der Waals surface area contributed by atoms with Gasteiger partial charge in [0.25, 0.3) is 0 Å². The van der Waals surface area contributed by atoms with E-state index in [1.54, 1.807) is 19.1 Å². The Kier molecular flexibility index (Phi) is 8.25. The second-order valence-corrected chi connectivity index (χ2v) is 13.6. The molecule has 51 heavy (non-hydrogen) atoms. The highest BCUT2D eigenvalue weighted by Crippen LogP contribution is 2.38. The summed E-state index contributed by atoms with van der Waals surface area (Å²) in [6, 6.07) is 36.4. The number of hydrogen-bond donors (Lipinski definition) is 4. The number of benzene rings is 6. The van der Waals surface area contributed by atoms with E-state index >= 15 is 0 Å². The highest BCUT2D eigenvalue weighted by molar-refractivity contribution is 6.16. The van der Waals surface area contributed by atoms with Gasteiger partial charge in [-0.1, -0.05) is 115 Å². The van der Waals surface area contributed by atoms with Crippen LogP contribution in [0.4, 0.5) is 0 Å². The largest absolute Gasteiger partial charge is 0.507 e. The first-order valence-corrected chi connectivity index (χ1v) is 17.4. The fourth-order valence-electron chi connectivity index (χ4n) is 7.27. The molecule has 1 aliphatic carbocycles. The number of aryl methyl sites for hydroxylation is 2. The molecule has 0 fully saturated rings. The standard InChI is InChI=1S/C45H39N3O3/c1-26-7-20-37-39(25-26)36(21-23-40(37)50)31-12-18-34(19-13-31)45-47-43(32-14-8-29(9-15-32)28(3)49)46-44(48-45)33-16-10-30(11-17-33)35-22-24-41(51)42-27(2)5-4-6-38(35)42/h4-8,10-14,16-25,28,44,49-51H,9,15H2,1-3H3,(H,46,47,48). The lowest BCUT2D eigenvalue weighted by molar-refractivity contribution is 0.226. The van der Waals surface area contributed by atoms with Crippen LogP contribution in [0, 0.1) is 13.8 Å². The minimum Gasteiger partial charge on any atom is -0.507 e. The Morgan fingerprint density at radius 3 is 2.02 bits per heavy atom. The van der Waals surface area contributed by atoms with Crippen molar-refractivity contribution in [3.8, 4) is 33.8 Å². The number of aliphatic imine (C=N–C) groups is 2. The van der Waals surface area contributed by atoms with Gasteiger partial charge in [-0.2, -0.15) is 0 Å². The molecule has 4 N–H and O–H groups in total. The summed E-state index contributed by atoms with van der Waals surface area (Å²) in [6.45, 7) is 5.88. The van der Waals surface area contributed by atoms with Crippen molar-refractivity contribution in [2.45, 2.75) is 45.9 Å². The first-order chi connectivity index (χ1) is 24.7. The number of hydrogen-bond acceptors (Lipinski definition) is 6. The fraction of sp³-hybridized carbons (Fsp3) is 0.156. The SMILES string of the molecule is Cc1ccc2c(O)ccc(-c3ccc(C4=NC(c5ccc(-c6ccc(O)c7c(C)cccc67)cc5)N=C(C5=CC=C(C(C)O)CC5)N4)cc3)c2c1. The van der Waals surface area contributed by atoms with E-state index < -0.39 is 12.3 Å². The van der Waals surface area contributed by atoms with Crippen molar-refractivity contribution in [2.24, 2.45) is 9.98 Å². The summed E-state index contributed by atoms with van der Waals surface area (Å²) in [6.07, 6.45) is 4.65. The smallest absolute Gasteiger partial charge is 0.169 e. The molecule has 6 aromatic rings. The maximum absolute atomic E-state index is 10.6. The molecule has 0 saturated carbocycles. The number of fused-ring (bicyclic) bond motifs is 2. The summed E-state index contributed by atoms with van der Waals surface area (Å²) in [5.41, 5.74) is 10.4. The Balaban J connectivity index is 1.16. The number of rotatable bonds is 6.